The second kappa shape index (κ2) is 6.81. The number of hydrogen-bond acceptors (Lipinski definition) is 1. The molecule has 0 saturated heterocycles. The number of hydrogen-bond donors (Lipinski definition) is 1. The third-order valence-corrected chi connectivity index (χ3v) is 7.54. The number of fused-ring (bicyclic) bond motifs is 1. The van der Waals surface area contributed by atoms with Gasteiger partial charge in [-0.3, -0.25) is 0 Å². The van der Waals surface area contributed by atoms with Gasteiger partial charge in [0.25, 0.3) is 0 Å². The molecule has 0 bridgehead atoms. The molecule has 0 heterocycles. The summed E-state index contributed by atoms with van der Waals surface area (Å²) in [6, 6.07) is 0. The van der Waals surface area contributed by atoms with Gasteiger partial charge in [-0.05, 0) is 77.6 Å². The standard InChI is InChI=1S/C20H33BrO/c1-14(2)7-6-8-15(3)13-16-9-11-19(4)17(21)10-12-20(5,22)18(16)19/h7,13,16-18,22H,6,8-12H2,1-5H3/b15-13+/t16-,17-,18+,19+,20+/m0/s1. The lowest BCUT2D eigenvalue weighted by molar-refractivity contribution is -0.0866. The summed E-state index contributed by atoms with van der Waals surface area (Å²) in [4.78, 5) is 0.551. The van der Waals surface area contributed by atoms with Crippen LogP contribution in [0.15, 0.2) is 23.3 Å². The fourth-order valence-corrected chi connectivity index (χ4v) is 5.68. The molecule has 2 rings (SSSR count). The van der Waals surface area contributed by atoms with Crippen LogP contribution in [0.25, 0.3) is 0 Å². The highest BCUT2D eigenvalue weighted by Gasteiger charge is 2.57. The molecule has 1 nitrogen and oxygen atoms in total. The zero-order valence-corrected chi connectivity index (χ0v) is 16.5. The van der Waals surface area contributed by atoms with Crippen molar-refractivity contribution in [3.8, 4) is 0 Å². The van der Waals surface area contributed by atoms with E-state index in [0.29, 0.717) is 16.7 Å². The predicted molar refractivity (Wildman–Crippen MR) is 99.3 cm³/mol. The van der Waals surface area contributed by atoms with Gasteiger partial charge in [-0.2, -0.15) is 0 Å². The minimum atomic E-state index is -0.517. The van der Waals surface area contributed by atoms with E-state index in [1.165, 1.54) is 24.0 Å². The number of aliphatic hydroxyl groups is 1. The molecular formula is C20H33BrO. The lowest BCUT2D eigenvalue weighted by Gasteiger charge is -2.50. The molecule has 2 saturated carbocycles. The molecule has 0 aliphatic heterocycles. The molecule has 2 aliphatic rings. The average molecular weight is 369 g/mol. The number of allylic oxidation sites excluding steroid dienone is 4. The lowest BCUT2D eigenvalue weighted by Crippen LogP contribution is -2.52. The lowest BCUT2D eigenvalue weighted by atomic mass is 9.60. The van der Waals surface area contributed by atoms with E-state index in [1.807, 2.05) is 0 Å². The third-order valence-electron chi connectivity index (χ3n) is 6.03. The molecule has 1 N–H and O–H groups in total. The summed E-state index contributed by atoms with van der Waals surface area (Å²) < 4.78 is 0. The largest absolute Gasteiger partial charge is 0.390 e. The van der Waals surface area contributed by atoms with Crippen LogP contribution in [0.3, 0.4) is 0 Å². The molecule has 2 heteroatoms. The smallest absolute Gasteiger partial charge is 0.0659 e. The van der Waals surface area contributed by atoms with E-state index in [1.54, 1.807) is 0 Å². The first-order valence-corrected chi connectivity index (χ1v) is 9.75. The van der Waals surface area contributed by atoms with E-state index in [9.17, 15) is 5.11 Å². The van der Waals surface area contributed by atoms with E-state index < -0.39 is 5.60 Å². The Kier molecular flexibility index (Phi) is 5.65. The molecule has 5 atom stereocenters. The summed E-state index contributed by atoms with van der Waals surface area (Å²) in [5.41, 5.74) is 2.61. The normalized spacial score (nSPS) is 42.1. The minimum absolute atomic E-state index is 0.239. The molecule has 126 valence electrons. The quantitative estimate of drug-likeness (QED) is 0.475. The second-order valence-corrected chi connectivity index (χ2v) is 9.49. The molecule has 2 fully saturated rings. The van der Waals surface area contributed by atoms with E-state index >= 15 is 0 Å². The van der Waals surface area contributed by atoms with Gasteiger partial charge in [0, 0.05) is 10.7 Å². The zero-order valence-electron chi connectivity index (χ0n) is 15.0. The first-order chi connectivity index (χ1) is 10.2. The molecule has 2 aliphatic carbocycles. The first-order valence-electron chi connectivity index (χ1n) is 8.84. The van der Waals surface area contributed by atoms with Crippen molar-refractivity contribution in [1.82, 2.24) is 0 Å². The summed E-state index contributed by atoms with van der Waals surface area (Å²) >= 11 is 3.92. The van der Waals surface area contributed by atoms with Crippen LogP contribution in [0.1, 0.15) is 73.1 Å². The van der Waals surface area contributed by atoms with Gasteiger partial charge in [0.1, 0.15) is 0 Å². The van der Waals surface area contributed by atoms with Gasteiger partial charge in [0.05, 0.1) is 5.60 Å². The maximum absolute atomic E-state index is 11.0. The Morgan fingerprint density at radius 1 is 1.18 bits per heavy atom. The molecular weight excluding hydrogens is 336 g/mol. The summed E-state index contributed by atoms with van der Waals surface area (Å²) in [5.74, 6) is 0.920. The Morgan fingerprint density at radius 3 is 2.50 bits per heavy atom. The van der Waals surface area contributed by atoms with Crippen LogP contribution in [-0.4, -0.2) is 15.5 Å². The molecule has 0 amide bonds. The third kappa shape index (κ3) is 3.70. The number of rotatable bonds is 4. The van der Waals surface area contributed by atoms with Crippen molar-refractivity contribution in [1.29, 1.82) is 0 Å². The Hall–Kier alpha value is -0.0800. The van der Waals surface area contributed by atoms with Crippen molar-refractivity contribution in [2.24, 2.45) is 17.3 Å². The SMILES string of the molecule is CC(C)=CCC/C(C)=C/[C@@H]1CC[C@@]2(C)[C@@H]1[C@](C)(O)CC[C@@H]2Br. The van der Waals surface area contributed by atoms with Crippen LogP contribution >= 0.6 is 15.9 Å². The minimum Gasteiger partial charge on any atom is -0.390 e. The van der Waals surface area contributed by atoms with Crippen LogP contribution < -0.4 is 0 Å². The second-order valence-electron chi connectivity index (χ2n) is 8.38. The van der Waals surface area contributed by atoms with Crippen LogP contribution in [0, 0.1) is 17.3 Å². The zero-order chi connectivity index (χ0) is 16.5. The molecule has 0 aromatic rings. The number of halogens is 1. The molecule has 0 aromatic heterocycles. The molecule has 0 unspecified atom stereocenters. The Labute approximate surface area is 145 Å². The summed E-state index contributed by atoms with van der Waals surface area (Å²) in [5, 5.41) is 11.0. The Morgan fingerprint density at radius 2 is 1.86 bits per heavy atom. The average Bonchev–Trinajstić information content (AvgIpc) is 2.74. The molecule has 0 spiro atoms. The number of alkyl halides is 1. The van der Waals surface area contributed by atoms with Gasteiger partial charge < -0.3 is 5.11 Å². The van der Waals surface area contributed by atoms with Crippen molar-refractivity contribution in [2.75, 3.05) is 0 Å². The van der Waals surface area contributed by atoms with Crippen LogP contribution in [-0.2, 0) is 0 Å². The van der Waals surface area contributed by atoms with E-state index in [-0.39, 0.29) is 5.41 Å². The van der Waals surface area contributed by atoms with Crippen molar-refractivity contribution in [2.45, 2.75) is 83.6 Å². The van der Waals surface area contributed by atoms with Crippen molar-refractivity contribution < 1.29 is 5.11 Å². The van der Waals surface area contributed by atoms with Gasteiger partial charge in [0.15, 0.2) is 0 Å². The molecule has 0 aromatic carbocycles. The highest BCUT2D eigenvalue weighted by atomic mass is 79.9. The van der Waals surface area contributed by atoms with Crippen molar-refractivity contribution in [3.63, 3.8) is 0 Å². The molecule has 0 radical (unpaired) electrons. The van der Waals surface area contributed by atoms with Crippen LogP contribution in [0.4, 0.5) is 0 Å². The van der Waals surface area contributed by atoms with E-state index in [2.05, 4.69) is 62.7 Å². The highest BCUT2D eigenvalue weighted by molar-refractivity contribution is 9.09. The summed E-state index contributed by atoms with van der Waals surface area (Å²) in [6.07, 6.45) is 11.5. The molecule has 22 heavy (non-hydrogen) atoms. The summed E-state index contributed by atoms with van der Waals surface area (Å²) in [6.45, 7) is 11.0. The van der Waals surface area contributed by atoms with Gasteiger partial charge >= 0.3 is 0 Å². The van der Waals surface area contributed by atoms with E-state index in [4.69, 9.17) is 0 Å². The first kappa shape index (κ1) is 18.3. The van der Waals surface area contributed by atoms with Crippen LogP contribution in [0.5, 0.6) is 0 Å². The highest BCUT2D eigenvalue weighted by Crippen LogP contribution is 2.60. The van der Waals surface area contributed by atoms with Crippen molar-refractivity contribution >= 4 is 15.9 Å². The predicted octanol–water partition coefficient (Wildman–Crippen LogP) is 6.02. The fraction of sp³-hybridized carbons (Fsp3) is 0.800. The van der Waals surface area contributed by atoms with Gasteiger partial charge in [-0.15, -0.1) is 0 Å². The summed E-state index contributed by atoms with van der Waals surface area (Å²) in [7, 11) is 0. The maximum atomic E-state index is 11.0. The fourth-order valence-electron chi connectivity index (χ4n) is 4.93. The van der Waals surface area contributed by atoms with E-state index in [0.717, 1.165) is 25.7 Å². The van der Waals surface area contributed by atoms with Crippen molar-refractivity contribution in [3.05, 3.63) is 23.3 Å². The Bertz CT molecular complexity index is 458. The van der Waals surface area contributed by atoms with Gasteiger partial charge in [-0.1, -0.05) is 46.2 Å². The Balaban J connectivity index is 2.13. The van der Waals surface area contributed by atoms with Crippen LogP contribution in [0.2, 0.25) is 0 Å². The maximum Gasteiger partial charge on any atom is 0.0659 e. The van der Waals surface area contributed by atoms with Gasteiger partial charge in [-0.25, -0.2) is 0 Å². The monoisotopic (exact) mass is 368 g/mol. The topological polar surface area (TPSA) is 20.2 Å². The van der Waals surface area contributed by atoms with Gasteiger partial charge in [0.2, 0.25) is 0 Å².